The summed E-state index contributed by atoms with van der Waals surface area (Å²) in [6, 6.07) is 3.97. The van der Waals surface area contributed by atoms with E-state index in [1.54, 1.807) is 6.26 Å². The molecule has 17 heavy (non-hydrogen) atoms. The highest BCUT2D eigenvalue weighted by atomic mass is 16.3. The maximum atomic E-state index is 5.34. The molecular formula is C14H24N2O. The van der Waals surface area contributed by atoms with Crippen LogP contribution in [-0.4, -0.2) is 19.6 Å². The first kappa shape index (κ1) is 12.7. The van der Waals surface area contributed by atoms with E-state index >= 15 is 0 Å². The number of nitrogens with one attached hydrogen (secondary N) is 2. The molecule has 0 aromatic carbocycles. The zero-order chi connectivity index (χ0) is 12.0. The molecule has 0 spiro atoms. The third-order valence-electron chi connectivity index (χ3n) is 3.72. The Morgan fingerprint density at radius 2 is 2.47 bits per heavy atom. The Balaban J connectivity index is 1.80. The number of hydrogen-bond acceptors (Lipinski definition) is 3. The average Bonchev–Trinajstić information content (AvgIpc) is 2.84. The standard InChI is InChI=1S/C14H24N2O/c1-2-6-14(7-4-8-15-11-14)12-16-10-13-5-3-9-17-13/h3,5,9,15-16H,2,4,6-8,10-12H2,1H3. The van der Waals surface area contributed by atoms with Gasteiger partial charge >= 0.3 is 0 Å². The average molecular weight is 236 g/mol. The Morgan fingerprint density at radius 1 is 1.53 bits per heavy atom. The Hall–Kier alpha value is -0.800. The van der Waals surface area contributed by atoms with Gasteiger partial charge in [-0.15, -0.1) is 0 Å². The SMILES string of the molecule is CCCC1(CNCc2ccco2)CCCNC1. The quantitative estimate of drug-likeness (QED) is 0.797. The van der Waals surface area contributed by atoms with Crippen molar-refractivity contribution in [2.75, 3.05) is 19.6 Å². The minimum atomic E-state index is 0.458. The second kappa shape index (κ2) is 6.22. The van der Waals surface area contributed by atoms with Gasteiger partial charge in [0.2, 0.25) is 0 Å². The molecule has 2 heterocycles. The van der Waals surface area contributed by atoms with Crippen LogP contribution in [0, 0.1) is 5.41 Å². The molecule has 1 aromatic heterocycles. The molecule has 2 N–H and O–H groups in total. The molecule has 1 atom stereocenters. The smallest absolute Gasteiger partial charge is 0.117 e. The first-order valence-electron chi connectivity index (χ1n) is 6.78. The van der Waals surface area contributed by atoms with Gasteiger partial charge < -0.3 is 15.1 Å². The van der Waals surface area contributed by atoms with Gasteiger partial charge in [0.1, 0.15) is 5.76 Å². The summed E-state index contributed by atoms with van der Waals surface area (Å²) in [5, 5.41) is 7.09. The van der Waals surface area contributed by atoms with Crippen LogP contribution in [0.15, 0.2) is 22.8 Å². The summed E-state index contributed by atoms with van der Waals surface area (Å²) in [7, 11) is 0. The van der Waals surface area contributed by atoms with Crippen LogP contribution in [0.4, 0.5) is 0 Å². The van der Waals surface area contributed by atoms with Crippen molar-refractivity contribution in [1.29, 1.82) is 0 Å². The van der Waals surface area contributed by atoms with E-state index in [-0.39, 0.29) is 0 Å². The molecule has 0 bridgehead atoms. The van der Waals surface area contributed by atoms with Crippen molar-refractivity contribution in [3.05, 3.63) is 24.2 Å². The predicted molar refractivity (Wildman–Crippen MR) is 69.9 cm³/mol. The van der Waals surface area contributed by atoms with E-state index in [1.807, 2.05) is 12.1 Å². The highest BCUT2D eigenvalue weighted by molar-refractivity contribution is 4.98. The van der Waals surface area contributed by atoms with E-state index in [9.17, 15) is 0 Å². The molecule has 0 amide bonds. The third-order valence-corrected chi connectivity index (χ3v) is 3.72. The summed E-state index contributed by atoms with van der Waals surface area (Å²) in [6.45, 7) is 6.56. The van der Waals surface area contributed by atoms with Gasteiger partial charge in [-0.25, -0.2) is 0 Å². The molecule has 0 saturated carbocycles. The zero-order valence-electron chi connectivity index (χ0n) is 10.8. The molecule has 1 saturated heterocycles. The van der Waals surface area contributed by atoms with Crippen molar-refractivity contribution < 1.29 is 4.42 Å². The van der Waals surface area contributed by atoms with Crippen molar-refractivity contribution in [2.45, 2.75) is 39.2 Å². The van der Waals surface area contributed by atoms with Gasteiger partial charge in [-0.05, 0) is 43.4 Å². The normalized spacial score (nSPS) is 25.0. The maximum absolute atomic E-state index is 5.34. The monoisotopic (exact) mass is 236 g/mol. The second-order valence-electron chi connectivity index (χ2n) is 5.21. The summed E-state index contributed by atoms with van der Waals surface area (Å²) < 4.78 is 5.34. The van der Waals surface area contributed by atoms with Gasteiger partial charge in [0, 0.05) is 13.1 Å². The van der Waals surface area contributed by atoms with Gasteiger partial charge in [0.25, 0.3) is 0 Å². The summed E-state index contributed by atoms with van der Waals surface area (Å²) in [4.78, 5) is 0. The van der Waals surface area contributed by atoms with E-state index in [1.165, 1.54) is 32.2 Å². The lowest BCUT2D eigenvalue weighted by atomic mass is 9.77. The molecule has 2 rings (SSSR count). The summed E-state index contributed by atoms with van der Waals surface area (Å²) in [5.41, 5.74) is 0.458. The molecular weight excluding hydrogens is 212 g/mol. The van der Waals surface area contributed by atoms with E-state index in [4.69, 9.17) is 4.42 Å². The van der Waals surface area contributed by atoms with Crippen molar-refractivity contribution in [2.24, 2.45) is 5.41 Å². The van der Waals surface area contributed by atoms with Crippen LogP contribution in [-0.2, 0) is 6.54 Å². The lowest BCUT2D eigenvalue weighted by Gasteiger charge is -2.38. The third kappa shape index (κ3) is 3.58. The van der Waals surface area contributed by atoms with E-state index < -0.39 is 0 Å². The lowest BCUT2D eigenvalue weighted by Crippen LogP contribution is -2.46. The Labute approximate surface area is 104 Å². The summed E-state index contributed by atoms with van der Waals surface area (Å²) in [5.74, 6) is 1.03. The number of rotatable bonds is 6. The Bertz CT molecular complexity index is 297. The van der Waals surface area contributed by atoms with Crippen molar-refractivity contribution >= 4 is 0 Å². The van der Waals surface area contributed by atoms with Gasteiger partial charge in [0.15, 0.2) is 0 Å². The topological polar surface area (TPSA) is 37.2 Å². The van der Waals surface area contributed by atoms with Gasteiger partial charge in [-0.2, -0.15) is 0 Å². The largest absolute Gasteiger partial charge is 0.468 e. The minimum absolute atomic E-state index is 0.458. The van der Waals surface area contributed by atoms with Crippen LogP contribution in [0.2, 0.25) is 0 Å². The van der Waals surface area contributed by atoms with Crippen LogP contribution in [0.5, 0.6) is 0 Å². The summed E-state index contributed by atoms with van der Waals surface area (Å²) >= 11 is 0. The van der Waals surface area contributed by atoms with Crippen LogP contribution < -0.4 is 10.6 Å². The molecule has 1 aliphatic rings. The van der Waals surface area contributed by atoms with Crippen molar-refractivity contribution in [1.82, 2.24) is 10.6 Å². The highest BCUT2D eigenvalue weighted by Gasteiger charge is 2.30. The van der Waals surface area contributed by atoms with E-state index in [0.29, 0.717) is 5.41 Å². The zero-order valence-corrected chi connectivity index (χ0v) is 10.8. The fraction of sp³-hybridized carbons (Fsp3) is 0.714. The molecule has 1 unspecified atom stereocenters. The molecule has 3 heteroatoms. The lowest BCUT2D eigenvalue weighted by molar-refractivity contribution is 0.181. The molecule has 1 aromatic rings. The number of piperidine rings is 1. The fourth-order valence-corrected chi connectivity index (χ4v) is 2.88. The molecule has 96 valence electrons. The molecule has 0 radical (unpaired) electrons. The van der Waals surface area contributed by atoms with Crippen LogP contribution in [0.3, 0.4) is 0 Å². The summed E-state index contributed by atoms with van der Waals surface area (Å²) in [6.07, 6.45) is 6.97. The first-order chi connectivity index (χ1) is 8.35. The molecule has 0 aliphatic carbocycles. The van der Waals surface area contributed by atoms with Crippen molar-refractivity contribution in [3.63, 3.8) is 0 Å². The Kier molecular flexibility index (Phi) is 4.63. The van der Waals surface area contributed by atoms with Crippen molar-refractivity contribution in [3.8, 4) is 0 Å². The fourth-order valence-electron chi connectivity index (χ4n) is 2.88. The highest BCUT2D eigenvalue weighted by Crippen LogP contribution is 2.30. The number of furan rings is 1. The molecule has 1 fully saturated rings. The van der Waals surface area contributed by atoms with E-state index in [2.05, 4.69) is 17.6 Å². The minimum Gasteiger partial charge on any atom is -0.468 e. The van der Waals surface area contributed by atoms with Crippen LogP contribution >= 0.6 is 0 Å². The predicted octanol–water partition coefficient (Wildman–Crippen LogP) is 2.54. The number of hydrogen-bond donors (Lipinski definition) is 2. The van der Waals surface area contributed by atoms with Gasteiger partial charge in [0.05, 0.1) is 12.8 Å². The van der Waals surface area contributed by atoms with Gasteiger partial charge in [-0.1, -0.05) is 13.3 Å². The maximum Gasteiger partial charge on any atom is 0.117 e. The molecule has 3 nitrogen and oxygen atoms in total. The van der Waals surface area contributed by atoms with Crippen LogP contribution in [0.1, 0.15) is 38.4 Å². The molecule has 1 aliphatic heterocycles. The Morgan fingerprint density at radius 3 is 3.12 bits per heavy atom. The van der Waals surface area contributed by atoms with Gasteiger partial charge in [-0.3, -0.25) is 0 Å². The van der Waals surface area contributed by atoms with E-state index in [0.717, 1.165) is 25.4 Å². The first-order valence-corrected chi connectivity index (χ1v) is 6.78. The second-order valence-corrected chi connectivity index (χ2v) is 5.21. The van der Waals surface area contributed by atoms with Crippen LogP contribution in [0.25, 0.3) is 0 Å².